The minimum absolute atomic E-state index is 0.0190. The van der Waals surface area contributed by atoms with E-state index in [4.69, 9.17) is 0 Å². The lowest BCUT2D eigenvalue weighted by Gasteiger charge is -2.32. The number of aromatic nitrogens is 1. The highest BCUT2D eigenvalue weighted by Gasteiger charge is 2.32. The van der Waals surface area contributed by atoms with Gasteiger partial charge in [0.25, 0.3) is 5.91 Å². The first-order valence-corrected chi connectivity index (χ1v) is 8.15. The van der Waals surface area contributed by atoms with Crippen LogP contribution in [0.5, 0.6) is 0 Å². The molecular weight excluding hydrogens is 272 g/mol. The molecular formula is C14H22N4OS. The van der Waals surface area contributed by atoms with Crippen molar-refractivity contribution in [2.75, 3.05) is 25.5 Å². The maximum absolute atomic E-state index is 12.4. The standard InChI is InChI=1S/C14H22N4OS/c1-9-12(14(15-2)20-17-9)13(19)16-10-5-7-18(8-6-10)11-3-4-11/h10-11,15H,3-8H2,1-2H3,(H,16,19). The Kier molecular flexibility index (Phi) is 3.94. The minimum Gasteiger partial charge on any atom is -0.378 e. The fraction of sp³-hybridized carbons (Fsp3) is 0.714. The summed E-state index contributed by atoms with van der Waals surface area (Å²) < 4.78 is 4.26. The van der Waals surface area contributed by atoms with Crippen LogP contribution in [-0.4, -0.2) is 47.4 Å². The number of hydrogen-bond acceptors (Lipinski definition) is 5. The Hall–Kier alpha value is -1.14. The molecule has 110 valence electrons. The first kappa shape index (κ1) is 13.8. The van der Waals surface area contributed by atoms with Crippen LogP contribution in [0.3, 0.4) is 0 Å². The zero-order chi connectivity index (χ0) is 14.1. The maximum Gasteiger partial charge on any atom is 0.256 e. The van der Waals surface area contributed by atoms with E-state index in [0.29, 0.717) is 11.6 Å². The van der Waals surface area contributed by atoms with Crippen LogP contribution < -0.4 is 10.6 Å². The van der Waals surface area contributed by atoms with Crippen molar-refractivity contribution >= 4 is 22.4 Å². The molecule has 0 spiro atoms. The fourth-order valence-electron chi connectivity index (χ4n) is 2.91. The number of rotatable bonds is 4. The van der Waals surface area contributed by atoms with E-state index in [1.54, 1.807) is 0 Å². The van der Waals surface area contributed by atoms with Crippen molar-refractivity contribution in [3.8, 4) is 0 Å². The lowest BCUT2D eigenvalue weighted by atomic mass is 10.0. The van der Waals surface area contributed by atoms with Gasteiger partial charge in [0.05, 0.1) is 11.3 Å². The Balaban J connectivity index is 1.57. The van der Waals surface area contributed by atoms with Crippen LogP contribution in [-0.2, 0) is 0 Å². The Morgan fingerprint density at radius 3 is 2.60 bits per heavy atom. The van der Waals surface area contributed by atoms with Crippen molar-refractivity contribution < 1.29 is 4.79 Å². The van der Waals surface area contributed by atoms with Crippen LogP contribution in [0.15, 0.2) is 0 Å². The van der Waals surface area contributed by atoms with E-state index in [1.165, 1.54) is 24.4 Å². The van der Waals surface area contributed by atoms with E-state index in [-0.39, 0.29) is 5.91 Å². The van der Waals surface area contributed by atoms with Gasteiger partial charge in [-0.2, -0.15) is 4.37 Å². The van der Waals surface area contributed by atoms with Crippen molar-refractivity contribution in [3.05, 3.63) is 11.3 Å². The molecule has 3 rings (SSSR count). The highest BCUT2D eigenvalue weighted by molar-refractivity contribution is 7.10. The van der Waals surface area contributed by atoms with Crippen molar-refractivity contribution in [2.45, 2.75) is 44.7 Å². The summed E-state index contributed by atoms with van der Waals surface area (Å²) in [5.41, 5.74) is 1.52. The number of carbonyl (C=O) groups excluding carboxylic acids is 1. The monoisotopic (exact) mass is 294 g/mol. The molecule has 0 bridgehead atoms. The summed E-state index contributed by atoms with van der Waals surface area (Å²) in [4.78, 5) is 15.0. The molecule has 1 saturated heterocycles. The zero-order valence-corrected chi connectivity index (χ0v) is 12.9. The molecule has 20 heavy (non-hydrogen) atoms. The topological polar surface area (TPSA) is 57.3 Å². The summed E-state index contributed by atoms with van der Waals surface area (Å²) in [5, 5.41) is 7.09. The summed E-state index contributed by atoms with van der Waals surface area (Å²) in [7, 11) is 1.83. The van der Waals surface area contributed by atoms with E-state index in [9.17, 15) is 4.79 Å². The number of nitrogens with zero attached hydrogens (tertiary/aromatic N) is 2. The Morgan fingerprint density at radius 2 is 2.00 bits per heavy atom. The normalized spacial score (nSPS) is 20.9. The predicted octanol–water partition coefficient (Wildman–Crippen LogP) is 1.85. The average molecular weight is 294 g/mol. The summed E-state index contributed by atoms with van der Waals surface area (Å²) in [6, 6.07) is 1.15. The van der Waals surface area contributed by atoms with Gasteiger partial charge in [0.1, 0.15) is 5.00 Å². The molecule has 0 unspecified atom stereocenters. The van der Waals surface area contributed by atoms with Gasteiger partial charge < -0.3 is 15.5 Å². The van der Waals surface area contributed by atoms with Crippen LogP contribution in [0.1, 0.15) is 41.7 Å². The highest BCUT2D eigenvalue weighted by Crippen LogP contribution is 2.29. The number of likely N-dealkylation sites (tertiary alicyclic amines) is 1. The number of carbonyl (C=O) groups is 1. The van der Waals surface area contributed by atoms with Crippen molar-refractivity contribution in [1.29, 1.82) is 0 Å². The molecule has 0 atom stereocenters. The molecule has 1 saturated carbocycles. The number of nitrogens with one attached hydrogen (secondary N) is 2. The van der Waals surface area contributed by atoms with Gasteiger partial charge in [0.15, 0.2) is 0 Å². The van der Waals surface area contributed by atoms with E-state index in [1.807, 2.05) is 14.0 Å². The van der Waals surface area contributed by atoms with Gasteiger partial charge in [-0.1, -0.05) is 0 Å². The second kappa shape index (κ2) is 5.69. The Labute approximate surface area is 123 Å². The lowest BCUT2D eigenvalue weighted by Crippen LogP contribution is -2.45. The van der Waals surface area contributed by atoms with Crippen LogP contribution in [0, 0.1) is 6.92 Å². The van der Waals surface area contributed by atoms with E-state index in [0.717, 1.165) is 42.7 Å². The van der Waals surface area contributed by atoms with Gasteiger partial charge in [-0.25, -0.2) is 0 Å². The molecule has 0 aromatic carbocycles. The van der Waals surface area contributed by atoms with Crippen LogP contribution in [0.4, 0.5) is 5.00 Å². The molecule has 0 radical (unpaired) electrons. The maximum atomic E-state index is 12.4. The molecule has 2 N–H and O–H groups in total. The highest BCUT2D eigenvalue weighted by atomic mass is 32.1. The Bertz CT molecular complexity index is 489. The molecule has 1 aromatic rings. The molecule has 2 fully saturated rings. The second-order valence-electron chi connectivity index (χ2n) is 5.74. The van der Waals surface area contributed by atoms with Gasteiger partial charge in [-0.3, -0.25) is 4.79 Å². The van der Waals surface area contributed by atoms with E-state index in [2.05, 4.69) is 19.9 Å². The number of piperidine rings is 1. The molecule has 1 aromatic heterocycles. The molecule has 1 amide bonds. The quantitative estimate of drug-likeness (QED) is 0.890. The summed E-state index contributed by atoms with van der Waals surface area (Å²) in [6.07, 6.45) is 4.85. The number of anilines is 1. The molecule has 2 heterocycles. The van der Waals surface area contributed by atoms with Gasteiger partial charge in [0, 0.05) is 32.2 Å². The molecule has 1 aliphatic heterocycles. The number of aryl methyl sites for hydroxylation is 1. The molecule has 6 heteroatoms. The van der Waals surface area contributed by atoms with Gasteiger partial charge in [-0.15, -0.1) is 0 Å². The van der Waals surface area contributed by atoms with Crippen molar-refractivity contribution in [2.24, 2.45) is 0 Å². The third-order valence-electron chi connectivity index (χ3n) is 4.24. The minimum atomic E-state index is 0.0190. The van der Waals surface area contributed by atoms with Crippen molar-refractivity contribution in [3.63, 3.8) is 0 Å². The first-order chi connectivity index (χ1) is 9.69. The third kappa shape index (κ3) is 2.81. The average Bonchev–Trinajstić information content (AvgIpc) is 3.22. The SMILES string of the molecule is CNc1snc(C)c1C(=O)NC1CCN(C2CC2)CC1. The summed E-state index contributed by atoms with van der Waals surface area (Å²) in [5.74, 6) is 0.0190. The first-order valence-electron chi connectivity index (χ1n) is 7.38. The number of hydrogen-bond donors (Lipinski definition) is 2. The van der Waals surface area contributed by atoms with E-state index >= 15 is 0 Å². The van der Waals surface area contributed by atoms with Crippen LogP contribution in [0.25, 0.3) is 0 Å². The van der Waals surface area contributed by atoms with Gasteiger partial charge in [0.2, 0.25) is 0 Å². The Morgan fingerprint density at radius 1 is 1.30 bits per heavy atom. The zero-order valence-electron chi connectivity index (χ0n) is 12.1. The third-order valence-corrected chi connectivity index (χ3v) is 5.20. The predicted molar refractivity (Wildman–Crippen MR) is 81.5 cm³/mol. The van der Waals surface area contributed by atoms with Gasteiger partial charge >= 0.3 is 0 Å². The summed E-state index contributed by atoms with van der Waals surface area (Å²) >= 11 is 1.35. The smallest absolute Gasteiger partial charge is 0.256 e. The van der Waals surface area contributed by atoms with Crippen LogP contribution in [0.2, 0.25) is 0 Å². The lowest BCUT2D eigenvalue weighted by molar-refractivity contribution is 0.0909. The summed E-state index contributed by atoms with van der Waals surface area (Å²) in [6.45, 7) is 4.13. The number of amides is 1. The fourth-order valence-corrected chi connectivity index (χ4v) is 3.66. The molecule has 1 aliphatic carbocycles. The second-order valence-corrected chi connectivity index (χ2v) is 6.51. The largest absolute Gasteiger partial charge is 0.378 e. The van der Waals surface area contributed by atoms with Crippen molar-refractivity contribution in [1.82, 2.24) is 14.6 Å². The van der Waals surface area contributed by atoms with Crippen LogP contribution >= 0.6 is 11.5 Å². The molecule has 2 aliphatic rings. The molecule has 5 nitrogen and oxygen atoms in total. The van der Waals surface area contributed by atoms with E-state index < -0.39 is 0 Å². The van der Waals surface area contributed by atoms with Gasteiger partial charge in [-0.05, 0) is 44.1 Å².